The van der Waals surface area contributed by atoms with E-state index < -0.39 is 6.10 Å². The molecule has 3 nitrogen and oxygen atoms in total. The minimum absolute atomic E-state index is 0.227. The van der Waals surface area contributed by atoms with Crippen molar-refractivity contribution in [1.82, 2.24) is 0 Å². The lowest BCUT2D eigenvalue weighted by molar-refractivity contribution is 0.133. The van der Waals surface area contributed by atoms with Gasteiger partial charge in [0.05, 0.1) is 17.9 Å². The number of nitrogens with zero attached hydrogens (tertiary/aromatic N) is 1. The molecule has 4 atom stereocenters. The number of aliphatic hydroxyl groups is 2. The maximum absolute atomic E-state index is 14.1. The van der Waals surface area contributed by atoms with Crippen molar-refractivity contribution in [2.45, 2.75) is 32.0 Å². The number of hydrogen-bond acceptors (Lipinski definition) is 3. The number of aliphatic hydroxyl groups excluding tert-OH is 2. The first-order valence-corrected chi connectivity index (χ1v) is 6.97. The van der Waals surface area contributed by atoms with E-state index in [2.05, 4.69) is 0 Å². The fourth-order valence-corrected chi connectivity index (χ4v) is 3.47. The molecule has 104 valence electrons. The van der Waals surface area contributed by atoms with Crippen LogP contribution in [0.5, 0.6) is 0 Å². The maximum Gasteiger partial charge on any atom is 0.146 e. The molecule has 1 saturated heterocycles. The molecule has 1 aliphatic heterocycles. The fourth-order valence-electron chi connectivity index (χ4n) is 3.47. The molecule has 0 amide bonds. The van der Waals surface area contributed by atoms with E-state index in [0.29, 0.717) is 17.2 Å². The van der Waals surface area contributed by atoms with E-state index in [1.807, 2.05) is 4.90 Å². The van der Waals surface area contributed by atoms with E-state index in [1.165, 1.54) is 6.07 Å². The first kappa shape index (κ1) is 12.9. The molecule has 3 rings (SSSR count). The molecule has 2 N–H and O–H groups in total. The second-order valence-electron chi connectivity index (χ2n) is 5.86. The summed E-state index contributed by atoms with van der Waals surface area (Å²) in [5.74, 6) is 0.495. The first-order chi connectivity index (χ1) is 9.06. The van der Waals surface area contributed by atoms with E-state index in [1.54, 1.807) is 19.1 Å². The van der Waals surface area contributed by atoms with Gasteiger partial charge in [0.25, 0.3) is 0 Å². The van der Waals surface area contributed by atoms with Crippen LogP contribution in [0.3, 0.4) is 0 Å². The Morgan fingerprint density at radius 3 is 2.74 bits per heavy atom. The Kier molecular flexibility index (Phi) is 3.23. The van der Waals surface area contributed by atoms with Gasteiger partial charge in [-0.25, -0.2) is 4.39 Å². The summed E-state index contributed by atoms with van der Waals surface area (Å²) in [6.07, 6.45) is 1.04. The first-order valence-electron chi connectivity index (χ1n) is 6.97. The molecule has 1 heterocycles. The molecule has 1 aliphatic carbocycles. The normalized spacial score (nSPS) is 31.6. The topological polar surface area (TPSA) is 43.7 Å². The van der Waals surface area contributed by atoms with Gasteiger partial charge in [-0.3, -0.25) is 0 Å². The summed E-state index contributed by atoms with van der Waals surface area (Å²) >= 11 is 0. The molecule has 2 fully saturated rings. The van der Waals surface area contributed by atoms with E-state index in [-0.39, 0.29) is 17.8 Å². The van der Waals surface area contributed by atoms with Gasteiger partial charge in [-0.1, -0.05) is 6.07 Å². The molecule has 0 radical (unpaired) electrons. The summed E-state index contributed by atoms with van der Waals surface area (Å²) in [4.78, 5) is 2.03. The highest BCUT2D eigenvalue weighted by Crippen LogP contribution is 2.40. The SMILES string of the molecule is C[C@H](O)c1ccc(N2CC3CCC(O)C3C2)c(F)c1. The number of halogens is 1. The van der Waals surface area contributed by atoms with Crippen molar-refractivity contribution in [3.63, 3.8) is 0 Å². The van der Waals surface area contributed by atoms with E-state index >= 15 is 0 Å². The zero-order valence-corrected chi connectivity index (χ0v) is 11.1. The third kappa shape index (κ3) is 2.23. The maximum atomic E-state index is 14.1. The van der Waals surface area contributed by atoms with Crippen molar-refractivity contribution in [2.75, 3.05) is 18.0 Å². The molecule has 2 aliphatic rings. The summed E-state index contributed by atoms with van der Waals surface area (Å²) in [6.45, 7) is 3.19. The highest BCUT2D eigenvalue weighted by atomic mass is 19.1. The molecule has 19 heavy (non-hydrogen) atoms. The Bertz CT molecular complexity index is 477. The lowest BCUT2D eigenvalue weighted by atomic mass is 10.00. The molecular formula is C15H20FNO2. The average Bonchev–Trinajstić information content (AvgIpc) is 2.92. The van der Waals surface area contributed by atoms with Gasteiger partial charge in [-0.2, -0.15) is 0 Å². The van der Waals surface area contributed by atoms with Gasteiger partial charge >= 0.3 is 0 Å². The van der Waals surface area contributed by atoms with Crippen LogP contribution >= 0.6 is 0 Å². The van der Waals surface area contributed by atoms with Crippen molar-refractivity contribution < 1.29 is 14.6 Å². The zero-order valence-electron chi connectivity index (χ0n) is 11.1. The number of anilines is 1. The quantitative estimate of drug-likeness (QED) is 0.860. The van der Waals surface area contributed by atoms with Crippen LogP contribution in [0.15, 0.2) is 18.2 Å². The van der Waals surface area contributed by atoms with Crippen molar-refractivity contribution >= 4 is 5.69 Å². The van der Waals surface area contributed by atoms with Crippen molar-refractivity contribution in [3.8, 4) is 0 Å². The predicted molar refractivity (Wildman–Crippen MR) is 71.5 cm³/mol. The van der Waals surface area contributed by atoms with E-state index in [0.717, 1.165) is 25.9 Å². The second kappa shape index (κ2) is 4.76. The van der Waals surface area contributed by atoms with Crippen LogP contribution in [0.4, 0.5) is 10.1 Å². The Hall–Kier alpha value is -1.13. The third-order valence-electron chi connectivity index (χ3n) is 4.61. The minimum atomic E-state index is -0.650. The standard InChI is InChI=1S/C15H20FNO2/c1-9(18)10-2-4-14(13(16)6-10)17-7-11-3-5-15(19)12(11)8-17/h2,4,6,9,11-12,15,18-19H,3,5,7-8H2,1H3/t9-,11?,12?,15?/m0/s1. The molecule has 4 heteroatoms. The molecule has 3 unspecified atom stereocenters. The van der Waals surface area contributed by atoms with Crippen LogP contribution in [-0.4, -0.2) is 29.4 Å². The highest BCUT2D eigenvalue weighted by Gasteiger charge is 2.42. The van der Waals surface area contributed by atoms with E-state index in [9.17, 15) is 14.6 Å². The van der Waals surface area contributed by atoms with Crippen LogP contribution in [0.1, 0.15) is 31.4 Å². The smallest absolute Gasteiger partial charge is 0.146 e. The summed E-state index contributed by atoms with van der Waals surface area (Å²) in [7, 11) is 0. The Balaban J connectivity index is 1.80. The number of benzene rings is 1. The van der Waals surface area contributed by atoms with Gasteiger partial charge < -0.3 is 15.1 Å². The molecule has 0 aromatic heterocycles. The van der Waals surface area contributed by atoms with Gasteiger partial charge in [0.2, 0.25) is 0 Å². The number of fused-ring (bicyclic) bond motifs is 1. The lowest BCUT2D eigenvalue weighted by Crippen LogP contribution is -2.25. The minimum Gasteiger partial charge on any atom is -0.393 e. The van der Waals surface area contributed by atoms with Crippen LogP contribution < -0.4 is 4.90 Å². The van der Waals surface area contributed by atoms with Crippen LogP contribution in [-0.2, 0) is 0 Å². The summed E-state index contributed by atoms with van der Waals surface area (Å²) in [5.41, 5.74) is 1.19. The lowest BCUT2D eigenvalue weighted by Gasteiger charge is -2.21. The van der Waals surface area contributed by atoms with Gasteiger partial charge in [0, 0.05) is 19.0 Å². The zero-order chi connectivity index (χ0) is 13.6. The van der Waals surface area contributed by atoms with Gasteiger partial charge in [0.15, 0.2) is 0 Å². The van der Waals surface area contributed by atoms with Crippen molar-refractivity contribution in [2.24, 2.45) is 11.8 Å². The largest absolute Gasteiger partial charge is 0.393 e. The Morgan fingerprint density at radius 2 is 2.11 bits per heavy atom. The average molecular weight is 265 g/mol. The number of hydrogen-bond donors (Lipinski definition) is 2. The molecule has 0 spiro atoms. The fraction of sp³-hybridized carbons (Fsp3) is 0.600. The number of rotatable bonds is 2. The van der Waals surface area contributed by atoms with Crippen molar-refractivity contribution in [1.29, 1.82) is 0 Å². The van der Waals surface area contributed by atoms with Gasteiger partial charge in [0.1, 0.15) is 5.82 Å². The van der Waals surface area contributed by atoms with Crippen LogP contribution in [0.25, 0.3) is 0 Å². The molecule has 1 saturated carbocycles. The van der Waals surface area contributed by atoms with Gasteiger partial charge in [-0.05, 0) is 43.4 Å². The summed E-state index contributed by atoms with van der Waals surface area (Å²) < 4.78 is 14.1. The highest BCUT2D eigenvalue weighted by molar-refractivity contribution is 5.50. The molecule has 0 bridgehead atoms. The molecule has 1 aromatic rings. The predicted octanol–water partition coefficient (Wildman–Crippen LogP) is 2.09. The van der Waals surface area contributed by atoms with Crippen LogP contribution in [0, 0.1) is 17.7 Å². The van der Waals surface area contributed by atoms with Crippen molar-refractivity contribution in [3.05, 3.63) is 29.6 Å². The Morgan fingerprint density at radius 1 is 1.32 bits per heavy atom. The summed E-state index contributed by atoms with van der Waals surface area (Å²) in [5, 5.41) is 19.4. The second-order valence-corrected chi connectivity index (χ2v) is 5.86. The monoisotopic (exact) mass is 265 g/mol. The van der Waals surface area contributed by atoms with E-state index in [4.69, 9.17) is 0 Å². The third-order valence-corrected chi connectivity index (χ3v) is 4.61. The Labute approximate surface area is 112 Å². The van der Waals surface area contributed by atoms with Gasteiger partial charge in [-0.15, -0.1) is 0 Å². The molecular weight excluding hydrogens is 245 g/mol. The van der Waals surface area contributed by atoms with Crippen LogP contribution in [0.2, 0.25) is 0 Å². The summed E-state index contributed by atoms with van der Waals surface area (Å²) in [6, 6.07) is 4.92. The molecule has 1 aromatic carbocycles.